The molecule has 2 rings (SSSR count). The molecule has 0 aliphatic heterocycles. The molecule has 3 nitrogen and oxygen atoms in total. The maximum atomic E-state index is 13.1. The van der Waals surface area contributed by atoms with Crippen molar-refractivity contribution in [2.45, 2.75) is 45.4 Å². The highest BCUT2D eigenvalue weighted by Gasteiger charge is 2.22. The summed E-state index contributed by atoms with van der Waals surface area (Å²) in [5.74, 6) is 0.806. The van der Waals surface area contributed by atoms with Crippen molar-refractivity contribution in [3.63, 3.8) is 0 Å². The van der Waals surface area contributed by atoms with Crippen LogP contribution in [0.15, 0.2) is 24.3 Å². The number of rotatable bonds is 6. The Morgan fingerprint density at radius 3 is 2.48 bits per heavy atom. The topological polar surface area (TPSA) is 43.8 Å². The Labute approximate surface area is 126 Å². The zero-order valence-electron chi connectivity index (χ0n) is 13.1. The molecule has 1 unspecified atom stereocenters. The van der Waals surface area contributed by atoms with Crippen LogP contribution in [0.4, 0.5) is 10.2 Å². The van der Waals surface area contributed by atoms with E-state index in [0.717, 1.165) is 29.7 Å². The van der Waals surface area contributed by atoms with Gasteiger partial charge in [-0.1, -0.05) is 38.8 Å². The van der Waals surface area contributed by atoms with Gasteiger partial charge in [-0.2, -0.15) is 5.10 Å². The van der Waals surface area contributed by atoms with E-state index in [0.29, 0.717) is 11.7 Å². The third kappa shape index (κ3) is 3.26. The van der Waals surface area contributed by atoms with Gasteiger partial charge in [0.2, 0.25) is 0 Å². The van der Waals surface area contributed by atoms with Gasteiger partial charge in [0, 0.05) is 18.5 Å². The predicted molar refractivity (Wildman–Crippen MR) is 85.6 cm³/mol. The van der Waals surface area contributed by atoms with Crippen molar-refractivity contribution in [2.75, 3.05) is 5.73 Å². The molecular weight excluding hydrogens is 265 g/mol. The van der Waals surface area contributed by atoms with E-state index in [1.807, 2.05) is 7.05 Å². The second-order valence-electron chi connectivity index (χ2n) is 5.52. The molecule has 0 aliphatic carbocycles. The lowest BCUT2D eigenvalue weighted by atomic mass is 9.91. The molecule has 1 aromatic carbocycles. The van der Waals surface area contributed by atoms with Gasteiger partial charge in [0.25, 0.3) is 0 Å². The van der Waals surface area contributed by atoms with E-state index in [4.69, 9.17) is 5.73 Å². The van der Waals surface area contributed by atoms with E-state index in [2.05, 4.69) is 18.9 Å². The minimum Gasteiger partial charge on any atom is -0.383 e. The normalized spacial score (nSPS) is 12.6. The highest BCUT2D eigenvalue weighted by atomic mass is 19.1. The number of unbranched alkanes of at least 4 members (excludes halogenated alkanes) is 1. The summed E-state index contributed by atoms with van der Waals surface area (Å²) in [6.45, 7) is 4.38. The molecule has 4 heteroatoms. The van der Waals surface area contributed by atoms with Gasteiger partial charge in [-0.3, -0.25) is 4.68 Å². The van der Waals surface area contributed by atoms with Gasteiger partial charge in [0.15, 0.2) is 0 Å². The van der Waals surface area contributed by atoms with Crippen LogP contribution in [-0.2, 0) is 7.05 Å². The lowest BCUT2D eigenvalue weighted by Crippen LogP contribution is -2.01. The zero-order chi connectivity index (χ0) is 15.4. The lowest BCUT2D eigenvalue weighted by molar-refractivity contribution is 0.549. The molecule has 1 heterocycles. The number of hydrogen-bond acceptors (Lipinski definition) is 2. The molecule has 0 fully saturated rings. The molecule has 0 aliphatic rings. The molecule has 2 aromatic rings. The van der Waals surface area contributed by atoms with Gasteiger partial charge >= 0.3 is 0 Å². The first-order chi connectivity index (χ1) is 10.1. The fourth-order valence-electron chi connectivity index (χ4n) is 2.74. The number of nitrogens with zero attached hydrogens (tertiary/aromatic N) is 2. The van der Waals surface area contributed by atoms with Crippen LogP contribution in [0.2, 0.25) is 0 Å². The first-order valence-corrected chi connectivity index (χ1v) is 7.66. The summed E-state index contributed by atoms with van der Waals surface area (Å²) in [6, 6.07) is 6.49. The molecule has 1 atom stereocenters. The van der Waals surface area contributed by atoms with Gasteiger partial charge in [-0.15, -0.1) is 0 Å². The quantitative estimate of drug-likeness (QED) is 0.851. The standard InChI is InChI=1S/C17H24FN3/c1-4-6-7-12(5-2)16-15(17(19)21(3)20-16)13-8-10-14(18)11-9-13/h8-12H,4-7,19H2,1-3H3. The number of halogens is 1. The monoisotopic (exact) mass is 289 g/mol. The Bertz CT molecular complexity index is 587. The van der Waals surface area contributed by atoms with Gasteiger partial charge < -0.3 is 5.73 Å². The van der Waals surface area contributed by atoms with E-state index in [1.165, 1.54) is 25.0 Å². The molecule has 0 bridgehead atoms. The number of aryl methyl sites for hydroxylation is 1. The van der Waals surface area contributed by atoms with Crippen molar-refractivity contribution in [1.82, 2.24) is 9.78 Å². The number of nitrogens with two attached hydrogens (primary N) is 1. The highest BCUT2D eigenvalue weighted by Crippen LogP contribution is 2.37. The van der Waals surface area contributed by atoms with Gasteiger partial charge in [-0.25, -0.2) is 4.39 Å². The van der Waals surface area contributed by atoms with Crippen LogP contribution in [0, 0.1) is 5.82 Å². The fourth-order valence-corrected chi connectivity index (χ4v) is 2.74. The predicted octanol–water partition coefficient (Wildman–Crippen LogP) is 4.49. The third-order valence-electron chi connectivity index (χ3n) is 4.04. The summed E-state index contributed by atoms with van der Waals surface area (Å²) < 4.78 is 14.9. The number of aromatic nitrogens is 2. The summed E-state index contributed by atoms with van der Waals surface area (Å²) in [4.78, 5) is 0. The SMILES string of the molecule is CCCCC(CC)c1nn(C)c(N)c1-c1ccc(F)cc1. The number of anilines is 1. The molecule has 0 radical (unpaired) electrons. The van der Waals surface area contributed by atoms with Gasteiger partial charge in [-0.05, 0) is 30.5 Å². The molecule has 1 aromatic heterocycles. The molecule has 114 valence electrons. The van der Waals surface area contributed by atoms with Crippen LogP contribution >= 0.6 is 0 Å². The van der Waals surface area contributed by atoms with E-state index in [1.54, 1.807) is 16.8 Å². The highest BCUT2D eigenvalue weighted by molar-refractivity contribution is 5.77. The van der Waals surface area contributed by atoms with Crippen LogP contribution < -0.4 is 5.73 Å². The first kappa shape index (κ1) is 15.5. The van der Waals surface area contributed by atoms with Gasteiger partial charge in [0.05, 0.1) is 5.69 Å². The van der Waals surface area contributed by atoms with E-state index in [-0.39, 0.29) is 5.82 Å². The zero-order valence-corrected chi connectivity index (χ0v) is 13.1. The Morgan fingerprint density at radius 2 is 1.90 bits per heavy atom. The summed E-state index contributed by atoms with van der Waals surface area (Å²) >= 11 is 0. The van der Waals surface area contributed by atoms with E-state index < -0.39 is 0 Å². The van der Waals surface area contributed by atoms with Gasteiger partial charge in [0.1, 0.15) is 11.6 Å². The van der Waals surface area contributed by atoms with Crippen molar-refractivity contribution in [1.29, 1.82) is 0 Å². The van der Waals surface area contributed by atoms with Crippen molar-refractivity contribution in [2.24, 2.45) is 7.05 Å². The molecule has 0 amide bonds. The van der Waals surface area contributed by atoms with E-state index >= 15 is 0 Å². The van der Waals surface area contributed by atoms with Crippen molar-refractivity contribution in [3.05, 3.63) is 35.8 Å². The first-order valence-electron chi connectivity index (χ1n) is 7.66. The Hall–Kier alpha value is -1.84. The second-order valence-corrected chi connectivity index (χ2v) is 5.52. The Morgan fingerprint density at radius 1 is 1.24 bits per heavy atom. The van der Waals surface area contributed by atoms with Crippen molar-refractivity contribution in [3.8, 4) is 11.1 Å². The average Bonchev–Trinajstić information content (AvgIpc) is 2.77. The Balaban J connectivity index is 2.46. The molecule has 21 heavy (non-hydrogen) atoms. The number of benzene rings is 1. The molecule has 2 N–H and O–H groups in total. The average molecular weight is 289 g/mol. The summed E-state index contributed by atoms with van der Waals surface area (Å²) in [7, 11) is 1.86. The summed E-state index contributed by atoms with van der Waals surface area (Å²) in [6.07, 6.45) is 4.49. The van der Waals surface area contributed by atoms with Crippen LogP contribution in [0.5, 0.6) is 0 Å². The third-order valence-corrected chi connectivity index (χ3v) is 4.04. The number of nitrogen functional groups attached to an aromatic ring is 1. The van der Waals surface area contributed by atoms with Crippen LogP contribution in [0.25, 0.3) is 11.1 Å². The Kier molecular flexibility index (Phi) is 4.99. The largest absolute Gasteiger partial charge is 0.383 e. The molecule has 0 saturated carbocycles. The van der Waals surface area contributed by atoms with Crippen LogP contribution in [0.3, 0.4) is 0 Å². The molecular formula is C17H24FN3. The lowest BCUT2D eigenvalue weighted by Gasteiger charge is -2.14. The molecule has 0 saturated heterocycles. The van der Waals surface area contributed by atoms with Crippen molar-refractivity contribution >= 4 is 5.82 Å². The maximum absolute atomic E-state index is 13.1. The smallest absolute Gasteiger partial charge is 0.129 e. The van der Waals surface area contributed by atoms with Crippen LogP contribution in [-0.4, -0.2) is 9.78 Å². The fraction of sp³-hybridized carbons (Fsp3) is 0.471. The number of hydrogen-bond donors (Lipinski definition) is 1. The maximum Gasteiger partial charge on any atom is 0.129 e. The van der Waals surface area contributed by atoms with E-state index in [9.17, 15) is 4.39 Å². The minimum absolute atomic E-state index is 0.235. The molecule has 0 spiro atoms. The van der Waals surface area contributed by atoms with Crippen LogP contribution in [0.1, 0.15) is 51.1 Å². The summed E-state index contributed by atoms with van der Waals surface area (Å²) in [5.41, 5.74) is 9.14. The minimum atomic E-state index is -0.235. The summed E-state index contributed by atoms with van der Waals surface area (Å²) in [5, 5.41) is 4.63. The second kappa shape index (κ2) is 6.74. The van der Waals surface area contributed by atoms with Crippen molar-refractivity contribution < 1.29 is 4.39 Å².